The first-order chi connectivity index (χ1) is 6.57. The number of rotatable bonds is 4. The van der Waals surface area contributed by atoms with Crippen LogP contribution in [0.1, 0.15) is 12.8 Å². The molecule has 1 aliphatic rings. The number of H-pyrrole nitrogens is 1. The van der Waals surface area contributed by atoms with E-state index in [-0.39, 0.29) is 6.04 Å². The largest absolute Gasteiger partial charge is 0.300 e. The molecule has 8 heteroatoms. The molecule has 0 aromatic carbocycles. The zero-order valence-corrected chi connectivity index (χ0v) is 9.52. The standard InChI is InChI=1S/C6H9BrN4O2S/c7-5-3-8-9-6(5)11-14(12,13)10-4-1-2-4/h3-4,10H,1-2H2,(H2,8,9,11). The van der Waals surface area contributed by atoms with Crippen molar-refractivity contribution < 1.29 is 8.42 Å². The fourth-order valence-corrected chi connectivity index (χ4v) is 2.51. The van der Waals surface area contributed by atoms with E-state index < -0.39 is 10.2 Å². The van der Waals surface area contributed by atoms with E-state index in [1.165, 1.54) is 6.20 Å². The van der Waals surface area contributed by atoms with Gasteiger partial charge in [-0.05, 0) is 28.8 Å². The molecule has 0 saturated heterocycles. The Bertz CT molecular complexity index is 425. The lowest BCUT2D eigenvalue weighted by molar-refractivity contribution is 0.586. The summed E-state index contributed by atoms with van der Waals surface area (Å²) in [6, 6.07) is 0.0918. The highest BCUT2D eigenvalue weighted by Crippen LogP contribution is 2.22. The summed E-state index contributed by atoms with van der Waals surface area (Å²) in [6.45, 7) is 0. The number of nitrogens with one attached hydrogen (secondary N) is 3. The maximum atomic E-state index is 11.4. The number of aromatic amines is 1. The summed E-state index contributed by atoms with van der Waals surface area (Å²) < 4.78 is 28.2. The molecule has 0 aliphatic heterocycles. The molecule has 78 valence electrons. The van der Waals surface area contributed by atoms with Gasteiger partial charge in [-0.3, -0.25) is 9.82 Å². The Morgan fingerprint density at radius 1 is 1.57 bits per heavy atom. The van der Waals surface area contributed by atoms with Crippen LogP contribution >= 0.6 is 15.9 Å². The van der Waals surface area contributed by atoms with Crippen LogP contribution < -0.4 is 9.44 Å². The highest BCUT2D eigenvalue weighted by Gasteiger charge is 2.27. The number of halogens is 1. The number of hydrogen-bond acceptors (Lipinski definition) is 3. The van der Waals surface area contributed by atoms with Crippen LogP contribution in [0.5, 0.6) is 0 Å². The second-order valence-corrected chi connectivity index (χ2v) is 5.39. The Morgan fingerprint density at radius 3 is 2.79 bits per heavy atom. The molecule has 0 unspecified atom stereocenters. The van der Waals surface area contributed by atoms with E-state index in [1.54, 1.807) is 0 Å². The highest BCUT2D eigenvalue weighted by atomic mass is 79.9. The highest BCUT2D eigenvalue weighted by molar-refractivity contribution is 9.10. The van der Waals surface area contributed by atoms with E-state index in [4.69, 9.17) is 0 Å². The van der Waals surface area contributed by atoms with Gasteiger partial charge in [0.25, 0.3) is 0 Å². The van der Waals surface area contributed by atoms with Gasteiger partial charge in [-0.2, -0.15) is 18.2 Å². The summed E-state index contributed by atoms with van der Waals surface area (Å²) >= 11 is 3.15. The molecule has 0 radical (unpaired) electrons. The van der Waals surface area contributed by atoms with Crippen molar-refractivity contribution in [2.45, 2.75) is 18.9 Å². The summed E-state index contributed by atoms with van der Waals surface area (Å²) in [5.41, 5.74) is 0. The van der Waals surface area contributed by atoms with E-state index in [9.17, 15) is 8.42 Å². The fraction of sp³-hybridized carbons (Fsp3) is 0.500. The lowest BCUT2D eigenvalue weighted by atomic mass is 10.7. The molecule has 1 heterocycles. The molecule has 0 amide bonds. The Balaban J connectivity index is 2.05. The Kier molecular flexibility index (Phi) is 2.50. The molecular weight excluding hydrogens is 272 g/mol. The van der Waals surface area contributed by atoms with E-state index in [0.29, 0.717) is 10.3 Å². The van der Waals surface area contributed by atoms with Gasteiger partial charge >= 0.3 is 10.2 Å². The normalized spacial score (nSPS) is 16.9. The lowest BCUT2D eigenvalue weighted by Gasteiger charge is -2.06. The zero-order chi connectivity index (χ0) is 10.2. The van der Waals surface area contributed by atoms with E-state index in [2.05, 4.69) is 35.6 Å². The van der Waals surface area contributed by atoms with Crippen molar-refractivity contribution in [2.24, 2.45) is 0 Å². The van der Waals surface area contributed by atoms with Crippen molar-refractivity contribution >= 4 is 32.0 Å². The minimum Gasteiger partial charge on any atom is -0.261 e. The SMILES string of the molecule is O=S(=O)(Nc1[nH]ncc1Br)NC1CC1. The summed E-state index contributed by atoms with van der Waals surface area (Å²) in [5.74, 6) is 0.332. The third-order valence-corrected chi connectivity index (χ3v) is 3.45. The Morgan fingerprint density at radius 2 is 2.29 bits per heavy atom. The molecule has 0 bridgehead atoms. The predicted octanol–water partition coefficient (Wildman–Crippen LogP) is 0.581. The number of nitrogens with zero attached hydrogens (tertiary/aromatic N) is 1. The van der Waals surface area contributed by atoms with Gasteiger partial charge in [-0.25, -0.2) is 0 Å². The molecule has 1 aromatic heterocycles. The molecule has 1 aromatic rings. The Labute approximate surface area is 89.8 Å². The minimum absolute atomic E-state index is 0.0918. The van der Waals surface area contributed by atoms with Crippen LogP contribution in [-0.4, -0.2) is 24.7 Å². The maximum absolute atomic E-state index is 11.4. The summed E-state index contributed by atoms with van der Waals surface area (Å²) in [6.07, 6.45) is 3.30. The fourth-order valence-electron chi connectivity index (χ4n) is 0.927. The smallest absolute Gasteiger partial charge is 0.261 e. The van der Waals surface area contributed by atoms with Gasteiger partial charge in [0.1, 0.15) is 0 Å². The average Bonchev–Trinajstić information content (AvgIpc) is 2.77. The summed E-state index contributed by atoms with van der Waals surface area (Å²) in [5, 5.41) is 6.20. The van der Waals surface area contributed by atoms with Crippen molar-refractivity contribution in [2.75, 3.05) is 4.72 Å². The second-order valence-electron chi connectivity index (χ2n) is 3.09. The molecule has 0 atom stereocenters. The zero-order valence-electron chi connectivity index (χ0n) is 7.12. The molecule has 0 spiro atoms. The van der Waals surface area contributed by atoms with E-state index in [0.717, 1.165) is 12.8 Å². The van der Waals surface area contributed by atoms with Gasteiger partial charge in [-0.1, -0.05) is 0 Å². The van der Waals surface area contributed by atoms with E-state index >= 15 is 0 Å². The van der Waals surface area contributed by atoms with Gasteiger partial charge in [-0.15, -0.1) is 0 Å². The van der Waals surface area contributed by atoms with Gasteiger partial charge < -0.3 is 0 Å². The van der Waals surface area contributed by atoms with Crippen molar-refractivity contribution in [3.05, 3.63) is 10.7 Å². The van der Waals surface area contributed by atoms with Crippen molar-refractivity contribution in [3.63, 3.8) is 0 Å². The molecule has 1 fully saturated rings. The van der Waals surface area contributed by atoms with Gasteiger partial charge in [0.15, 0.2) is 5.82 Å². The van der Waals surface area contributed by atoms with Crippen LogP contribution in [0, 0.1) is 0 Å². The molecule has 1 aliphatic carbocycles. The third-order valence-electron chi connectivity index (χ3n) is 1.73. The van der Waals surface area contributed by atoms with Crippen LogP contribution in [0.3, 0.4) is 0 Å². The second kappa shape index (κ2) is 3.52. The molecule has 6 nitrogen and oxygen atoms in total. The number of hydrogen-bond donors (Lipinski definition) is 3. The first-order valence-corrected chi connectivity index (χ1v) is 6.33. The van der Waals surface area contributed by atoms with Crippen molar-refractivity contribution in [1.29, 1.82) is 0 Å². The average molecular weight is 281 g/mol. The van der Waals surface area contributed by atoms with Crippen LogP contribution in [0.25, 0.3) is 0 Å². The maximum Gasteiger partial charge on any atom is 0.300 e. The van der Waals surface area contributed by atoms with Crippen molar-refractivity contribution in [1.82, 2.24) is 14.9 Å². The first-order valence-electron chi connectivity index (χ1n) is 4.06. The number of anilines is 1. The number of aromatic nitrogens is 2. The van der Waals surface area contributed by atoms with Crippen LogP contribution in [0.15, 0.2) is 10.7 Å². The van der Waals surface area contributed by atoms with Crippen LogP contribution in [0.2, 0.25) is 0 Å². The monoisotopic (exact) mass is 280 g/mol. The van der Waals surface area contributed by atoms with Gasteiger partial charge in [0.05, 0.1) is 10.7 Å². The quantitative estimate of drug-likeness (QED) is 0.754. The topological polar surface area (TPSA) is 86.9 Å². The molecular formula is C6H9BrN4O2S. The molecule has 14 heavy (non-hydrogen) atoms. The molecule has 1 saturated carbocycles. The van der Waals surface area contributed by atoms with Gasteiger partial charge in [0, 0.05) is 6.04 Å². The Hall–Kier alpha value is -0.600. The molecule has 3 N–H and O–H groups in total. The third kappa shape index (κ3) is 2.46. The lowest BCUT2D eigenvalue weighted by Crippen LogP contribution is -2.31. The van der Waals surface area contributed by atoms with E-state index in [1.807, 2.05) is 0 Å². The summed E-state index contributed by atoms with van der Waals surface area (Å²) in [7, 11) is -3.47. The molecule has 2 rings (SSSR count). The van der Waals surface area contributed by atoms with Crippen molar-refractivity contribution in [3.8, 4) is 0 Å². The predicted molar refractivity (Wildman–Crippen MR) is 55.0 cm³/mol. The first kappa shape index (κ1) is 9.94. The van der Waals surface area contributed by atoms with Gasteiger partial charge in [0.2, 0.25) is 0 Å². The van der Waals surface area contributed by atoms with Crippen LogP contribution in [-0.2, 0) is 10.2 Å². The minimum atomic E-state index is -3.47. The summed E-state index contributed by atoms with van der Waals surface area (Å²) in [4.78, 5) is 0. The van der Waals surface area contributed by atoms with Crippen LogP contribution in [0.4, 0.5) is 5.82 Å².